The first kappa shape index (κ1) is 16.4. The van der Waals surface area contributed by atoms with Gasteiger partial charge in [0.1, 0.15) is 6.54 Å². The van der Waals surface area contributed by atoms with Crippen LogP contribution in [0.1, 0.15) is 26.2 Å². The van der Waals surface area contributed by atoms with Crippen molar-refractivity contribution in [2.24, 2.45) is 5.73 Å². The Bertz CT molecular complexity index is 423. The molecule has 1 aromatic rings. The first-order chi connectivity index (χ1) is 9.63. The van der Waals surface area contributed by atoms with Gasteiger partial charge in [0.15, 0.2) is 0 Å². The van der Waals surface area contributed by atoms with Crippen LogP contribution in [-0.4, -0.2) is 30.7 Å². The van der Waals surface area contributed by atoms with Gasteiger partial charge in [0.25, 0.3) is 0 Å². The van der Waals surface area contributed by atoms with Crippen molar-refractivity contribution in [3.05, 3.63) is 30.3 Å². The second kappa shape index (κ2) is 9.31. The van der Waals surface area contributed by atoms with E-state index in [-0.39, 0.29) is 12.5 Å². The Hall–Kier alpha value is -1.62. The number of hydrogen-bond acceptors (Lipinski definition) is 4. The Kier molecular flexibility index (Phi) is 7.65. The Morgan fingerprint density at radius 3 is 2.65 bits per heavy atom. The van der Waals surface area contributed by atoms with Crippen molar-refractivity contribution in [3.8, 4) is 0 Å². The fourth-order valence-corrected chi connectivity index (χ4v) is 1.81. The third kappa shape index (κ3) is 6.52. The highest BCUT2D eigenvalue weighted by Gasteiger charge is 2.12. The highest BCUT2D eigenvalue weighted by atomic mass is 32.1. The van der Waals surface area contributed by atoms with Crippen LogP contribution in [0.25, 0.3) is 0 Å². The zero-order chi connectivity index (χ0) is 14.8. The minimum absolute atomic E-state index is 0.217. The molecule has 5 heteroatoms. The van der Waals surface area contributed by atoms with Crippen LogP contribution in [0.4, 0.5) is 5.69 Å². The molecule has 0 spiro atoms. The van der Waals surface area contributed by atoms with E-state index in [1.165, 1.54) is 0 Å². The van der Waals surface area contributed by atoms with E-state index in [2.05, 4.69) is 6.92 Å². The fraction of sp³-hybridized carbons (Fsp3) is 0.467. The van der Waals surface area contributed by atoms with E-state index in [0.717, 1.165) is 18.5 Å². The number of nitrogens with two attached hydrogens (primary N) is 1. The van der Waals surface area contributed by atoms with E-state index in [0.29, 0.717) is 24.6 Å². The summed E-state index contributed by atoms with van der Waals surface area (Å²) < 4.78 is 5.20. The Labute approximate surface area is 125 Å². The molecule has 0 aromatic heterocycles. The van der Waals surface area contributed by atoms with E-state index < -0.39 is 0 Å². The molecule has 110 valence electrons. The Morgan fingerprint density at radius 1 is 1.35 bits per heavy atom. The maximum atomic E-state index is 11.8. The molecule has 4 nitrogen and oxygen atoms in total. The van der Waals surface area contributed by atoms with Crippen LogP contribution in [0.5, 0.6) is 0 Å². The number of carbonyl (C=O) groups excluding carboxylic acids is 1. The van der Waals surface area contributed by atoms with Gasteiger partial charge >= 0.3 is 5.97 Å². The number of nitrogens with zero attached hydrogens (tertiary/aromatic N) is 1. The molecule has 0 aliphatic heterocycles. The second-order valence-electron chi connectivity index (χ2n) is 4.55. The van der Waals surface area contributed by atoms with Gasteiger partial charge in [-0.1, -0.05) is 43.8 Å². The monoisotopic (exact) mass is 294 g/mol. The molecule has 1 rings (SSSR count). The van der Waals surface area contributed by atoms with Crippen LogP contribution in [0.15, 0.2) is 30.3 Å². The van der Waals surface area contributed by atoms with Crippen molar-refractivity contribution >= 4 is 28.9 Å². The van der Waals surface area contributed by atoms with Crippen LogP contribution in [0.3, 0.4) is 0 Å². The van der Waals surface area contributed by atoms with Gasteiger partial charge < -0.3 is 15.4 Å². The fourth-order valence-electron chi connectivity index (χ4n) is 1.72. The predicted molar refractivity (Wildman–Crippen MR) is 85.9 cm³/mol. The molecule has 0 unspecified atom stereocenters. The molecule has 0 aliphatic carbocycles. The molecule has 0 atom stereocenters. The summed E-state index contributed by atoms with van der Waals surface area (Å²) in [6.45, 7) is 3.37. The molecule has 1 aromatic carbocycles. The topological polar surface area (TPSA) is 55.6 Å². The van der Waals surface area contributed by atoms with Crippen molar-refractivity contribution < 1.29 is 9.53 Å². The summed E-state index contributed by atoms with van der Waals surface area (Å²) in [5.74, 6) is -0.217. The van der Waals surface area contributed by atoms with Crippen molar-refractivity contribution in [2.45, 2.75) is 26.2 Å². The number of thiocarbonyl (C=S) groups is 1. The molecular weight excluding hydrogens is 272 g/mol. The third-order valence-electron chi connectivity index (χ3n) is 2.83. The summed E-state index contributed by atoms with van der Waals surface area (Å²) in [6.07, 6.45) is 2.48. The van der Waals surface area contributed by atoms with E-state index >= 15 is 0 Å². The van der Waals surface area contributed by atoms with Gasteiger partial charge in [0.05, 0.1) is 11.6 Å². The summed E-state index contributed by atoms with van der Waals surface area (Å²) in [5.41, 5.74) is 6.51. The maximum absolute atomic E-state index is 11.8. The van der Waals surface area contributed by atoms with Crippen LogP contribution < -0.4 is 10.6 Å². The number of esters is 1. The van der Waals surface area contributed by atoms with Gasteiger partial charge in [-0.05, 0) is 18.6 Å². The number of anilines is 1. The molecule has 0 bridgehead atoms. The highest BCUT2D eigenvalue weighted by Crippen LogP contribution is 2.13. The molecule has 0 fully saturated rings. The molecule has 2 N–H and O–H groups in total. The van der Waals surface area contributed by atoms with Crippen molar-refractivity contribution in [2.75, 3.05) is 24.6 Å². The summed E-state index contributed by atoms with van der Waals surface area (Å²) in [4.78, 5) is 14.2. The minimum Gasteiger partial charge on any atom is -0.464 e. The summed E-state index contributed by atoms with van der Waals surface area (Å²) in [7, 11) is 0. The molecule has 0 radical (unpaired) electrons. The van der Waals surface area contributed by atoms with Crippen molar-refractivity contribution in [1.82, 2.24) is 0 Å². The maximum Gasteiger partial charge on any atom is 0.325 e. The standard InChI is InChI=1S/C15H22N2O2S/c1-2-3-11-19-15(18)12-17(10-9-14(16)20)13-7-5-4-6-8-13/h4-8H,2-3,9-12H2,1H3,(H2,16,20). The smallest absolute Gasteiger partial charge is 0.325 e. The Balaban J connectivity index is 2.58. The summed E-state index contributed by atoms with van der Waals surface area (Å²) in [5, 5.41) is 0. The van der Waals surface area contributed by atoms with Crippen LogP contribution in [0, 0.1) is 0 Å². The largest absolute Gasteiger partial charge is 0.464 e. The van der Waals surface area contributed by atoms with E-state index in [1.54, 1.807) is 0 Å². The molecule has 0 amide bonds. The predicted octanol–water partition coefficient (Wildman–Crippen LogP) is 2.51. The number of rotatable bonds is 9. The van der Waals surface area contributed by atoms with Gasteiger partial charge in [-0.3, -0.25) is 4.79 Å². The van der Waals surface area contributed by atoms with Gasteiger partial charge in [-0.2, -0.15) is 0 Å². The van der Waals surface area contributed by atoms with Gasteiger partial charge in [0.2, 0.25) is 0 Å². The molecule has 0 saturated heterocycles. The number of unbranched alkanes of at least 4 members (excludes halogenated alkanes) is 1. The molecule has 0 saturated carbocycles. The number of hydrogen-bond donors (Lipinski definition) is 1. The van der Waals surface area contributed by atoms with Crippen LogP contribution in [0.2, 0.25) is 0 Å². The average Bonchev–Trinajstić information content (AvgIpc) is 2.44. The number of ether oxygens (including phenoxy) is 1. The summed E-state index contributed by atoms with van der Waals surface area (Å²) >= 11 is 4.90. The number of benzene rings is 1. The third-order valence-corrected chi connectivity index (χ3v) is 3.03. The lowest BCUT2D eigenvalue weighted by atomic mass is 10.2. The average molecular weight is 294 g/mol. The number of para-hydroxylation sites is 1. The molecular formula is C15H22N2O2S. The van der Waals surface area contributed by atoms with Crippen LogP contribution in [-0.2, 0) is 9.53 Å². The normalized spacial score (nSPS) is 10.1. The lowest BCUT2D eigenvalue weighted by Crippen LogP contribution is -2.33. The molecule has 0 heterocycles. The van der Waals surface area contributed by atoms with E-state index in [4.69, 9.17) is 22.7 Å². The quantitative estimate of drug-likeness (QED) is 0.431. The lowest BCUT2D eigenvalue weighted by molar-refractivity contribution is -0.142. The minimum atomic E-state index is -0.217. The lowest BCUT2D eigenvalue weighted by Gasteiger charge is -2.23. The first-order valence-corrected chi connectivity index (χ1v) is 7.28. The van der Waals surface area contributed by atoms with Crippen molar-refractivity contribution in [3.63, 3.8) is 0 Å². The molecule has 0 aliphatic rings. The number of carbonyl (C=O) groups is 1. The van der Waals surface area contributed by atoms with E-state index in [1.807, 2.05) is 35.2 Å². The SMILES string of the molecule is CCCCOC(=O)CN(CCC(N)=S)c1ccccc1. The highest BCUT2D eigenvalue weighted by molar-refractivity contribution is 7.80. The van der Waals surface area contributed by atoms with E-state index in [9.17, 15) is 4.79 Å². The van der Waals surface area contributed by atoms with Gasteiger partial charge in [0, 0.05) is 18.7 Å². The van der Waals surface area contributed by atoms with Gasteiger partial charge in [-0.25, -0.2) is 0 Å². The Morgan fingerprint density at radius 2 is 2.05 bits per heavy atom. The summed E-state index contributed by atoms with van der Waals surface area (Å²) in [6, 6.07) is 9.73. The molecule has 20 heavy (non-hydrogen) atoms. The first-order valence-electron chi connectivity index (χ1n) is 6.87. The van der Waals surface area contributed by atoms with Gasteiger partial charge in [-0.15, -0.1) is 0 Å². The zero-order valence-electron chi connectivity index (χ0n) is 11.9. The second-order valence-corrected chi connectivity index (χ2v) is 5.07. The van der Waals surface area contributed by atoms with Crippen LogP contribution >= 0.6 is 12.2 Å². The zero-order valence-corrected chi connectivity index (χ0v) is 12.7. The van der Waals surface area contributed by atoms with Crippen molar-refractivity contribution in [1.29, 1.82) is 0 Å².